The molecule has 0 unspecified atom stereocenters. The van der Waals surface area contributed by atoms with Crippen molar-refractivity contribution < 1.29 is 0 Å². The second kappa shape index (κ2) is 6.36. The number of aromatic nitrogens is 1. The van der Waals surface area contributed by atoms with Crippen molar-refractivity contribution >= 4 is 11.3 Å². The zero-order chi connectivity index (χ0) is 11.2. The van der Waals surface area contributed by atoms with Crippen LogP contribution >= 0.6 is 11.3 Å². The Hall–Kier alpha value is -0.410. The van der Waals surface area contributed by atoms with E-state index in [0.717, 1.165) is 19.0 Å². The molecule has 1 fully saturated rings. The predicted octanol–water partition coefficient (Wildman–Crippen LogP) is 3.52. The highest BCUT2D eigenvalue weighted by Crippen LogP contribution is 2.18. The first-order chi connectivity index (χ1) is 7.88. The molecule has 1 aromatic rings. The van der Waals surface area contributed by atoms with Crippen LogP contribution < -0.4 is 5.32 Å². The van der Waals surface area contributed by atoms with E-state index in [1.165, 1.54) is 48.4 Å². The first kappa shape index (κ1) is 12.1. The summed E-state index contributed by atoms with van der Waals surface area (Å²) < 4.78 is 0. The zero-order valence-electron chi connectivity index (χ0n) is 10.2. The standard InChI is InChI=1S/C13H22N2S/c1-2-12-9-15-13(16-12)10-14-11-7-5-3-4-6-8-11/h9,11,14H,2-8,10H2,1H3. The van der Waals surface area contributed by atoms with E-state index in [-0.39, 0.29) is 0 Å². The number of nitrogens with one attached hydrogen (secondary N) is 1. The van der Waals surface area contributed by atoms with Gasteiger partial charge in [-0.05, 0) is 19.3 Å². The largest absolute Gasteiger partial charge is 0.308 e. The lowest BCUT2D eigenvalue weighted by atomic mass is 10.1. The van der Waals surface area contributed by atoms with E-state index in [1.54, 1.807) is 0 Å². The third-order valence-electron chi connectivity index (χ3n) is 3.35. The number of aryl methyl sites for hydroxylation is 1. The molecule has 1 aromatic heterocycles. The van der Waals surface area contributed by atoms with Gasteiger partial charge in [0.25, 0.3) is 0 Å². The van der Waals surface area contributed by atoms with Crippen molar-refractivity contribution in [2.75, 3.05) is 0 Å². The van der Waals surface area contributed by atoms with Crippen molar-refractivity contribution in [2.45, 2.75) is 64.5 Å². The van der Waals surface area contributed by atoms with Crippen LogP contribution in [0, 0.1) is 0 Å². The molecule has 0 aliphatic heterocycles. The lowest BCUT2D eigenvalue weighted by molar-refractivity contribution is 0.458. The average Bonchev–Trinajstić information content (AvgIpc) is 2.61. The van der Waals surface area contributed by atoms with Crippen molar-refractivity contribution in [2.24, 2.45) is 0 Å². The van der Waals surface area contributed by atoms with Gasteiger partial charge in [-0.2, -0.15) is 0 Å². The summed E-state index contributed by atoms with van der Waals surface area (Å²) in [5, 5.41) is 4.91. The summed E-state index contributed by atoms with van der Waals surface area (Å²) in [6.07, 6.45) is 11.5. The van der Waals surface area contributed by atoms with Crippen LogP contribution in [0.3, 0.4) is 0 Å². The Labute approximate surface area is 102 Å². The Morgan fingerprint density at radius 1 is 1.31 bits per heavy atom. The first-order valence-electron chi connectivity index (χ1n) is 6.55. The predicted molar refractivity (Wildman–Crippen MR) is 69.8 cm³/mol. The van der Waals surface area contributed by atoms with Gasteiger partial charge in [-0.1, -0.05) is 32.6 Å². The third-order valence-corrected chi connectivity index (χ3v) is 4.49. The Balaban J connectivity index is 1.77. The number of hydrogen-bond donors (Lipinski definition) is 1. The minimum atomic E-state index is 0.733. The summed E-state index contributed by atoms with van der Waals surface area (Å²) >= 11 is 1.85. The van der Waals surface area contributed by atoms with E-state index < -0.39 is 0 Å². The number of rotatable bonds is 4. The molecule has 1 aliphatic carbocycles. The molecule has 0 saturated heterocycles. The average molecular weight is 238 g/mol. The maximum Gasteiger partial charge on any atom is 0.107 e. The molecule has 1 heterocycles. The molecule has 3 heteroatoms. The molecule has 0 bridgehead atoms. The Bertz CT molecular complexity index is 301. The second-order valence-corrected chi connectivity index (χ2v) is 5.84. The molecule has 2 rings (SSSR count). The van der Waals surface area contributed by atoms with Gasteiger partial charge in [0.05, 0.1) is 0 Å². The number of thiazole rings is 1. The summed E-state index contributed by atoms with van der Waals surface area (Å²) in [5.74, 6) is 0. The van der Waals surface area contributed by atoms with Gasteiger partial charge >= 0.3 is 0 Å². The smallest absolute Gasteiger partial charge is 0.107 e. The summed E-state index contributed by atoms with van der Waals surface area (Å²) in [7, 11) is 0. The van der Waals surface area contributed by atoms with Crippen LogP contribution in [-0.2, 0) is 13.0 Å². The summed E-state index contributed by atoms with van der Waals surface area (Å²) in [5.41, 5.74) is 0. The fraction of sp³-hybridized carbons (Fsp3) is 0.769. The van der Waals surface area contributed by atoms with Crippen molar-refractivity contribution in [3.63, 3.8) is 0 Å². The molecule has 2 nitrogen and oxygen atoms in total. The lowest BCUT2D eigenvalue weighted by Gasteiger charge is -2.14. The molecule has 0 radical (unpaired) electrons. The van der Waals surface area contributed by atoms with E-state index >= 15 is 0 Å². The quantitative estimate of drug-likeness (QED) is 0.812. The molecule has 16 heavy (non-hydrogen) atoms. The molecule has 1 aliphatic rings. The molecule has 90 valence electrons. The monoisotopic (exact) mass is 238 g/mol. The van der Waals surface area contributed by atoms with Crippen LogP contribution in [0.5, 0.6) is 0 Å². The van der Waals surface area contributed by atoms with Gasteiger partial charge in [0, 0.05) is 23.7 Å². The second-order valence-electron chi connectivity index (χ2n) is 4.64. The van der Waals surface area contributed by atoms with Crippen LogP contribution in [0.25, 0.3) is 0 Å². The van der Waals surface area contributed by atoms with Crippen LogP contribution in [0.15, 0.2) is 6.20 Å². The van der Waals surface area contributed by atoms with Crippen molar-refractivity contribution in [3.8, 4) is 0 Å². The van der Waals surface area contributed by atoms with E-state index in [0.29, 0.717) is 0 Å². The summed E-state index contributed by atoms with van der Waals surface area (Å²) in [6.45, 7) is 3.16. The molecular weight excluding hydrogens is 216 g/mol. The first-order valence-corrected chi connectivity index (χ1v) is 7.37. The highest BCUT2D eigenvalue weighted by molar-refractivity contribution is 7.11. The highest BCUT2D eigenvalue weighted by atomic mass is 32.1. The maximum atomic E-state index is 4.45. The maximum absolute atomic E-state index is 4.45. The summed E-state index contributed by atoms with van der Waals surface area (Å²) in [4.78, 5) is 5.85. The molecule has 1 N–H and O–H groups in total. The molecule has 1 saturated carbocycles. The molecule has 0 amide bonds. The van der Waals surface area contributed by atoms with E-state index in [9.17, 15) is 0 Å². The van der Waals surface area contributed by atoms with Gasteiger partial charge in [0.1, 0.15) is 5.01 Å². The molecular formula is C13H22N2S. The third kappa shape index (κ3) is 3.56. The van der Waals surface area contributed by atoms with E-state index in [1.807, 2.05) is 17.5 Å². The van der Waals surface area contributed by atoms with Crippen molar-refractivity contribution in [3.05, 3.63) is 16.1 Å². The summed E-state index contributed by atoms with van der Waals surface area (Å²) in [6, 6.07) is 0.733. The van der Waals surface area contributed by atoms with Crippen molar-refractivity contribution in [1.82, 2.24) is 10.3 Å². The van der Waals surface area contributed by atoms with Gasteiger partial charge in [0.2, 0.25) is 0 Å². The Morgan fingerprint density at radius 3 is 2.69 bits per heavy atom. The van der Waals surface area contributed by atoms with E-state index in [4.69, 9.17) is 0 Å². The van der Waals surface area contributed by atoms with Crippen LogP contribution in [0.4, 0.5) is 0 Å². The van der Waals surface area contributed by atoms with Crippen LogP contribution in [0.1, 0.15) is 55.3 Å². The SMILES string of the molecule is CCc1cnc(CNC2CCCCCC2)s1. The zero-order valence-corrected chi connectivity index (χ0v) is 11.0. The minimum absolute atomic E-state index is 0.733. The Morgan fingerprint density at radius 2 is 2.06 bits per heavy atom. The van der Waals surface area contributed by atoms with Gasteiger partial charge in [-0.25, -0.2) is 4.98 Å². The van der Waals surface area contributed by atoms with Crippen LogP contribution in [0.2, 0.25) is 0 Å². The van der Waals surface area contributed by atoms with Gasteiger partial charge in [0.15, 0.2) is 0 Å². The molecule has 0 atom stereocenters. The number of hydrogen-bond acceptors (Lipinski definition) is 3. The molecule has 0 spiro atoms. The fourth-order valence-corrected chi connectivity index (χ4v) is 3.12. The number of nitrogens with zero attached hydrogens (tertiary/aromatic N) is 1. The minimum Gasteiger partial charge on any atom is -0.308 e. The Kier molecular flexibility index (Phi) is 4.79. The van der Waals surface area contributed by atoms with E-state index in [2.05, 4.69) is 17.2 Å². The topological polar surface area (TPSA) is 24.9 Å². The van der Waals surface area contributed by atoms with Gasteiger partial charge < -0.3 is 5.32 Å². The van der Waals surface area contributed by atoms with Gasteiger partial charge in [-0.15, -0.1) is 11.3 Å². The lowest BCUT2D eigenvalue weighted by Crippen LogP contribution is -2.27. The van der Waals surface area contributed by atoms with Crippen LogP contribution in [-0.4, -0.2) is 11.0 Å². The van der Waals surface area contributed by atoms with Gasteiger partial charge in [-0.3, -0.25) is 0 Å². The highest BCUT2D eigenvalue weighted by Gasteiger charge is 2.11. The normalized spacial score (nSPS) is 18.6. The van der Waals surface area contributed by atoms with Crippen molar-refractivity contribution in [1.29, 1.82) is 0 Å². The fourth-order valence-electron chi connectivity index (χ4n) is 2.31. The molecule has 0 aromatic carbocycles.